The molecule has 2 aromatic heterocycles. The van der Waals surface area contributed by atoms with Gasteiger partial charge in [-0.1, -0.05) is 17.8 Å². The maximum Gasteiger partial charge on any atom is 0.346 e. The predicted molar refractivity (Wildman–Crippen MR) is 72.9 cm³/mol. The molecule has 0 amide bonds. The minimum Gasteiger partial charge on any atom is -0.301 e. The standard InChI is InChI=1S/C13H13N3O3S/c17-12(19-18)11(7-10-3-1-4-14-8-10)9-20-13-15-5-2-6-16-13/h1-6,8,11,18H,7,9H2. The monoisotopic (exact) mass is 291 g/mol. The van der Waals surface area contributed by atoms with Gasteiger partial charge >= 0.3 is 5.97 Å². The zero-order valence-electron chi connectivity index (χ0n) is 10.5. The molecule has 0 aliphatic rings. The normalized spacial score (nSPS) is 11.8. The Morgan fingerprint density at radius 1 is 1.30 bits per heavy atom. The van der Waals surface area contributed by atoms with E-state index in [2.05, 4.69) is 19.8 Å². The highest BCUT2D eigenvalue weighted by Crippen LogP contribution is 2.19. The molecular weight excluding hydrogens is 278 g/mol. The van der Waals surface area contributed by atoms with Crippen LogP contribution in [0.4, 0.5) is 0 Å². The smallest absolute Gasteiger partial charge is 0.301 e. The van der Waals surface area contributed by atoms with Gasteiger partial charge in [-0.05, 0) is 24.1 Å². The lowest BCUT2D eigenvalue weighted by atomic mass is 10.0. The minimum absolute atomic E-state index is 0.415. The first-order chi connectivity index (χ1) is 9.79. The van der Waals surface area contributed by atoms with Crippen LogP contribution in [0.2, 0.25) is 0 Å². The van der Waals surface area contributed by atoms with Gasteiger partial charge in [0.25, 0.3) is 0 Å². The van der Waals surface area contributed by atoms with Crippen molar-refractivity contribution in [1.82, 2.24) is 15.0 Å². The van der Waals surface area contributed by atoms with Crippen LogP contribution in [0.5, 0.6) is 0 Å². The summed E-state index contributed by atoms with van der Waals surface area (Å²) >= 11 is 1.34. The van der Waals surface area contributed by atoms with E-state index >= 15 is 0 Å². The number of carbonyl (C=O) groups excluding carboxylic acids is 1. The van der Waals surface area contributed by atoms with Crippen molar-refractivity contribution in [3.8, 4) is 0 Å². The largest absolute Gasteiger partial charge is 0.346 e. The highest BCUT2D eigenvalue weighted by Gasteiger charge is 2.22. The zero-order chi connectivity index (χ0) is 14.2. The van der Waals surface area contributed by atoms with Crippen LogP contribution >= 0.6 is 11.8 Å². The molecule has 2 heterocycles. The van der Waals surface area contributed by atoms with E-state index < -0.39 is 11.9 Å². The second-order valence-electron chi connectivity index (χ2n) is 4.02. The van der Waals surface area contributed by atoms with Gasteiger partial charge in [-0.3, -0.25) is 4.98 Å². The molecule has 1 atom stereocenters. The number of thioether (sulfide) groups is 1. The fraction of sp³-hybridized carbons (Fsp3) is 0.231. The van der Waals surface area contributed by atoms with E-state index in [-0.39, 0.29) is 0 Å². The van der Waals surface area contributed by atoms with E-state index in [0.29, 0.717) is 17.3 Å². The highest BCUT2D eigenvalue weighted by atomic mass is 32.2. The van der Waals surface area contributed by atoms with Crippen molar-refractivity contribution >= 4 is 17.7 Å². The number of aromatic nitrogens is 3. The van der Waals surface area contributed by atoms with Crippen molar-refractivity contribution in [3.05, 3.63) is 48.5 Å². The quantitative estimate of drug-likeness (QED) is 0.376. The van der Waals surface area contributed by atoms with Gasteiger partial charge < -0.3 is 4.89 Å². The summed E-state index contributed by atoms with van der Waals surface area (Å²) in [6, 6.07) is 5.39. The molecule has 0 saturated carbocycles. The molecule has 1 N–H and O–H groups in total. The Morgan fingerprint density at radius 3 is 2.75 bits per heavy atom. The van der Waals surface area contributed by atoms with Gasteiger partial charge in [0.1, 0.15) is 0 Å². The highest BCUT2D eigenvalue weighted by molar-refractivity contribution is 7.99. The molecule has 0 aliphatic carbocycles. The van der Waals surface area contributed by atoms with E-state index in [9.17, 15) is 4.79 Å². The van der Waals surface area contributed by atoms with E-state index in [1.807, 2.05) is 6.07 Å². The molecule has 0 spiro atoms. The van der Waals surface area contributed by atoms with Gasteiger partial charge in [0.05, 0.1) is 5.92 Å². The van der Waals surface area contributed by atoms with Crippen LogP contribution in [0.1, 0.15) is 5.56 Å². The summed E-state index contributed by atoms with van der Waals surface area (Å²) in [6.07, 6.45) is 7.05. The molecule has 20 heavy (non-hydrogen) atoms. The van der Waals surface area contributed by atoms with Gasteiger partial charge in [0.2, 0.25) is 0 Å². The molecule has 104 valence electrons. The van der Waals surface area contributed by atoms with Crippen molar-refractivity contribution in [3.63, 3.8) is 0 Å². The van der Waals surface area contributed by atoms with Gasteiger partial charge in [-0.15, -0.1) is 0 Å². The fourth-order valence-electron chi connectivity index (χ4n) is 1.62. The Hall–Kier alpha value is -1.99. The van der Waals surface area contributed by atoms with Gasteiger partial charge in [-0.25, -0.2) is 14.8 Å². The van der Waals surface area contributed by atoms with Crippen LogP contribution in [0.25, 0.3) is 0 Å². The Labute approximate surface area is 120 Å². The maximum atomic E-state index is 11.6. The Kier molecular flexibility index (Phi) is 5.45. The third-order valence-corrected chi connectivity index (χ3v) is 3.62. The summed E-state index contributed by atoms with van der Waals surface area (Å²) in [5.41, 5.74) is 0.900. The van der Waals surface area contributed by atoms with Crippen LogP contribution in [-0.2, 0) is 16.1 Å². The molecule has 0 saturated heterocycles. The third-order valence-electron chi connectivity index (χ3n) is 2.58. The number of rotatable bonds is 6. The predicted octanol–water partition coefficient (Wildman–Crippen LogP) is 1.84. The molecule has 2 rings (SSSR count). The lowest BCUT2D eigenvalue weighted by Crippen LogP contribution is -2.21. The van der Waals surface area contributed by atoms with Gasteiger partial charge in [-0.2, -0.15) is 5.26 Å². The lowest BCUT2D eigenvalue weighted by Gasteiger charge is -2.12. The van der Waals surface area contributed by atoms with Crippen LogP contribution in [0.3, 0.4) is 0 Å². The van der Waals surface area contributed by atoms with E-state index in [4.69, 9.17) is 5.26 Å². The minimum atomic E-state index is -0.669. The first-order valence-electron chi connectivity index (χ1n) is 5.93. The summed E-state index contributed by atoms with van der Waals surface area (Å²) in [6.45, 7) is 0. The van der Waals surface area contributed by atoms with Crippen LogP contribution < -0.4 is 0 Å². The van der Waals surface area contributed by atoms with Crippen molar-refractivity contribution in [2.75, 3.05) is 5.75 Å². The maximum absolute atomic E-state index is 11.6. The summed E-state index contributed by atoms with van der Waals surface area (Å²) in [7, 11) is 0. The average Bonchev–Trinajstić information content (AvgIpc) is 2.52. The van der Waals surface area contributed by atoms with Crippen molar-refractivity contribution < 1.29 is 14.9 Å². The molecule has 0 bridgehead atoms. The van der Waals surface area contributed by atoms with E-state index in [0.717, 1.165) is 5.56 Å². The molecule has 7 heteroatoms. The molecule has 0 fully saturated rings. The summed E-state index contributed by atoms with van der Waals surface area (Å²) in [5, 5.41) is 9.15. The molecule has 1 unspecified atom stereocenters. The molecular formula is C13H13N3O3S. The summed E-state index contributed by atoms with van der Waals surface area (Å²) in [5.74, 6) is -0.742. The first kappa shape index (κ1) is 14.4. The SMILES string of the molecule is O=C(OO)C(CSc1ncccn1)Cc1cccnc1. The van der Waals surface area contributed by atoms with Gasteiger partial charge in [0.15, 0.2) is 5.16 Å². The van der Waals surface area contributed by atoms with Gasteiger partial charge in [0, 0.05) is 30.5 Å². The van der Waals surface area contributed by atoms with Crippen molar-refractivity contribution in [2.24, 2.45) is 5.92 Å². The van der Waals surface area contributed by atoms with Crippen LogP contribution in [0.15, 0.2) is 48.1 Å². The second-order valence-corrected chi connectivity index (χ2v) is 5.00. The molecule has 2 aromatic rings. The number of hydrogen-bond acceptors (Lipinski definition) is 7. The molecule has 0 aliphatic heterocycles. The molecule has 0 aromatic carbocycles. The summed E-state index contributed by atoms with van der Waals surface area (Å²) in [4.78, 5) is 27.6. The molecule has 0 radical (unpaired) electrons. The Morgan fingerprint density at radius 2 is 2.10 bits per heavy atom. The number of pyridine rings is 1. The third kappa shape index (κ3) is 4.29. The number of carbonyl (C=O) groups is 1. The number of nitrogens with zero attached hydrogens (tertiary/aromatic N) is 3. The average molecular weight is 291 g/mol. The molecule has 6 nitrogen and oxygen atoms in total. The fourth-order valence-corrected chi connectivity index (χ4v) is 2.50. The Bertz CT molecular complexity index is 539. The van der Waals surface area contributed by atoms with Crippen LogP contribution in [-0.4, -0.2) is 31.9 Å². The topological polar surface area (TPSA) is 85.2 Å². The van der Waals surface area contributed by atoms with Crippen molar-refractivity contribution in [1.29, 1.82) is 0 Å². The van der Waals surface area contributed by atoms with Crippen molar-refractivity contribution in [2.45, 2.75) is 11.6 Å². The Balaban J connectivity index is 1.99. The lowest BCUT2D eigenvalue weighted by molar-refractivity contribution is -0.238. The van der Waals surface area contributed by atoms with Crippen LogP contribution in [0, 0.1) is 5.92 Å². The number of hydrogen-bond donors (Lipinski definition) is 1. The van der Waals surface area contributed by atoms with E-state index in [1.54, 1.807) is 36.9 Å². The zero-order valence-corrected chi connectivity index (χ0v) is 11.4. The summed E-state index contributed by atoms with van der Waals surface area (Å²) < 4.78 is 0. The first-order valence-corrected chi connectivity index (χ1v) is 6.92. The van der Waals surface area contributed by atoms with E-state index in [1.165, 1.54) is 11.8 Å². The second kappa shape index (κ2) is 7.56.